The van der Waals surface area contributed by atoms with E-state index in [2.05, 4.69) is 24.1 Å². The zero-order chi connectivity index (χ0) is 16.7. The Morgan fingerprint density at radius 3 is 2.61 bits per heavy atom. The summed E-state index contributed by atoms with van der Waals surface area (Å²) in [6.07, 6.45) is 6.84. The van der Waals surface area contributed by atoms with Gasteiger partial charge in [0, 0.05) is 13.1 Å². The quantitative estimate of drug-likeness (QED) is 0.749. The Bertz CT molecular complexity index is 356. The van der Waals surface area contributed by atoms with Crippen LogP contribution in [-0.4, -0.2) is 60.9 Å². The predicted octanol–water partition coefficient (Wildman–Crippen LogP) is 1.79. The number of carbonyl (C=O) groups is 1. The van der Waals surface area contributed by atoms with E-state index in [1.54, 1.807) is 0 Å². The molecule has 1 saturated carbocycles. The molecule has 1 heterocycles. The second kappa shape index (κ2) is 9.60. The van der Waals surface area contributed by atoms with Gasteiger partial charge in [-0.1, -0.05) is 26.7 Å². The highest BCUT2D eigenvalue weighted by Crippen LogP contribution is 2.26. The molecule has 2 rings (SSSR count). The first kappa shape index (κ1) is 18.7. The third-order valence-corrected chi connectivity index (χ3v) is 5.34. The van der Waals surface area contributed by atoms with Crippen LogP contribution in [0.15, 0.2) is 0 Å². The lowest BCUT2D eigenvalue weighted by Gasteiger charge is -2.31. The van der Waals surface area contributed by atoms with E-state index < -0.39 is 6.10 Å². The molecule has 0 aromatic carbocycles. The van der Waals surface area contributed by atoms with Gasteiger partial charge in [-0.05, 0) is 50.6 Å². The van der Waals surface area contributed by atoms with Crippen molar-refractivity contribution in [2.75, 3.05) is 32.8 Å². The van der Waals surface area contributed by atoms with Crippen LogP contribution in [0.4, 0.5) is 0 Å². The van der Waals surface area contributed by atoms with E-state index in [0.717, 1.165) is 25.4 Å². The first-order valence-corrected chi connectivity index (χ1v) is 9.33. The van der Waals surface area contributed by atoms with Crippen LogP contribution >= 0.6 is 0 Å². The van der Waals surface area contributed by atoms with Gasteiger partial charge in [-0.25, -0.2) is 0 Å². The average Bonchev–Trinajstić information content (AvgIpc) is 2.54. The van der Waals surface area contributed by atoms with Crippen LogP contribution in [0.1, 0.15) is 52.4 Å². The Morgan fingerprint density at radius 1 is 1.22 bits per heavy atom. The van der Waals surface area contributed by atoms with Crippen LogP contribution in [-0.2, 0) is 9.53 Å². The summed E-state index contributed by atoms with van der Waals surface area (Å²) < 4.78 is 5.75. The van der Waals surface area contributed by atoms with E-state index in [1.165, 1.54) is 32.1 Å². The van der Waals surface area contributed by atoms with Crippen molar-refractivity contribution in [3.8, 4) is 0 Å². The van der Waals surface area contributed by atoms with Gasteiger partial charge in [0.1, 0.15) is 6.61 Å². The van der Waals surface area contributed by atoms with Gasteiger partial charge in [-0.3, -0.25) is 4.79 Å². The molecule has 2 fully saturated rings. The first-order chi connectivity index (χ1) is 11.0. The largest absolute Gasteiger partial charge is 0.390 e. The van der Waals surface area contributed by atoms with Crippen molar-refractivity contribution in [2.24, 2.45) is 11.8 Å². The van der Waals surface area contributed by atoms with Crippen LogP contribution in [0.2, 0.25) is 0 Å². The molecule has 0 bridgehead atoms. The highest BCUT2D eigenvalue weighted by molar-refractivity contribution is 5.77. The van der Waals surface area contributed by atoms with E-state index in [1.807, 2.05) is 0 Å². The van der Waals surface area contributed by atoms with Gasteiger partial charge in [-0.15, -0.1) is 0 Å². The van der Waals surface area contributed by atoms with Crippen LogP contribution in [0.5, 0.6) is 0 Å². The smallest absolute Gasteiger partial charge is 0.246 e. The summed E-state index contributed by atoms with van der Waals surface area (Å²) >= 11 is 0. The number of β-amino-alcohol motifs (C(OH)–C–C–N with tert-alkyl or cyclic N) is 1. The molecule has 5 heteroatoms. The second-order valence-electron chi connectivity index (χ2n) is 7.55. The SMILES string of the molecule is CC1CCN(CC(O)CNC(=O)COC2CCCCC2C)CC1. The molecule has 2 N–H and O–H groups in total. The van der Waals surface area contributed by atoms with Crippen LogP contribution in [0.3, 0.4) is 0 Å². The lowest BCUT2D eigenvalue weighted by molar-refractivity contribution is -0.130. The molecule has 0 radical (unpaired) electrons. The molecule has 1 saturated heterocycles. The molecule has 5 nitrogen and oxygen atoms in total. The molecule has 1 aliphatic heterocycles. The summed E-state index contributed by atoms with van der Waals surface area (Å²) in [5.41, 5.74) is 0. The molecule has 1 amide bonds. The maximum Gasteiger partial charge on any atom is 0.246 e. The standard InChI is InChI=1S/C18H34N2O3/c1-14-7-9-20(10-8-14)12-16(21)11-19-18(22)13-23-17-6-4-3-5-15(17)2/h14-17,21H,3-13H2,1-2H3,(H,19,22). The van der Waals surface area contributed by atoms with Crippen LogP contribution in [0, 0.1) is 11.8 Å². The maximum absolute atomic E-state index is 11.9. The van der Waals surface area contributed by atoms with E-state index >= 15 is 0 Å². The van der Waals surface area contributed by atoms with Gasteiger partial charge in [0.15, 0.2) is 0 Å². The summed E-state index contributed by atoms with van der Waals surface area (Å²) in [6, 6.07) is 0. The Hall–Kier alpha value is -0.650. The highest BCUT2D eigenvalue weighted by Gasteiger charge is 2.23. The number of aliphatic hydroxyl groups is 1. The Balaban J connectivity index is 1.56. The molecule has 23 heavy (non-hydrogen) atoms. The number of amides is 1. The number of hydrogen-bond donors (Lipinski definition) is 2. The minimum absolute atomic E-state index is 0.114. The molecule has 3 unspecified atom stereocenters. The number of piperidine rings is 1. The molecule has 3 atom stereocenters. The minimum atomic E-state index is -0.499. The number of aliphatic hydroxyl groups excluding tert-OH is 1. The second-order valence-corrected chi connectivity index (χ2v) is 7.55. The normalized spacial score (nSPS) is 28.5. The zero-order valence-corrected chi connectivity index (χ0v) is 14.8. The van der Waals surface area contributed by atoms with Gasteiger partial charge in [-0.2, -0.15) is 0 Å². The third kappa shape index (κ3) is 6.77. The summed E-state index contributed by atoms with van der Waals surface area (Å²) in [4.78, 5) is 14.2. The molecule has 134 valence electrons. The molecule has 2 aliphatic rings. The van der Waals surface area contributed by atoms with Gasteiger partial charge in [0.2, 0.25) is 5.91 Å². The first-order valence-electron chi connectivity index (χ1n) is 9.33. The molecule has 0 aromatic rings. The van der Waals surface area contributed by atoms with Crippen molar-refractivity contribution >= 4 is 5.91 Å². The fourth-order valence-corrected chi connectivity index (χ4v) is 3.60. The number of carbonyl (C=O) groups excluding carboxylic acids is 1. The predicted molar refractivity (Wildman–Crippen MR) is 91.2 cm³/mol. The summed E-state index contributed by atoms with van der Waals surface area (Å²) in [5, 5.41) is 12.9. The lowest BCUT2D eigenvalue weighted by Crippen LogP contribution is -2.44. The average molecular weight is 326 g/mol. The zero-order valence-electron chi connectivity index (χ0n) is 14.8. The number of nitrogens with one attached hydrogen (secondary N) is 1. The Labute approximate surface area is 140 Å². The number of likely N-dealkylation sites (tertiary alicyclic amines) is 1. The van der Waals surface area contributed by atoms with Crippen molar-refractivity contribution in [2.45, 2.75) is 64.6 Å². The van der Waals surface area contributed by atoms with Gasteiger partial charge in [0.05, 0.1) is 12.2 Å². The van der Waals surface area contributed by atoms with Gasteiger partial charge in [0.25, 0.3) is 0 Å². The molecular formula is C18H34N2O3. The van der Waals surface area contributed by atoms with E-state index in [4.69, 9.17) is 4.74 Å². The molecule has 1 aliphatic carbocycles. The van der Waals surface area contributed by atoms with Crippen molar-refractivity contribution in [3.63, 3.8) is 0 Å². The summed E-state index contributed by atoms with van der Waals surface area (Å²) in [6.45, 7) is 7.65. The van der Waals surface area contributed by atoms with Gasteiger partial charge < -0.3 is 20.1 Å². The third-order valence-electron chi connectivity index (χ3n) is 5.34. The summed E-state index contributed by atoms with van der Waals surface area (Å²) in [5.74, 6) is 1.22. The molecule has 0 aromatic heterocycles. The molecular weight excluding hydrogens is 292 g/mol. The Morgan fingerprint density at radius 2 is 1.91 bits per heavy atom. The molecule has 0 spiro atoms. The van der Waals surface area contributed by atoms with E-state index in [-0.39, 0.29) is 18.6 Å². The highest BCUT2D eigenvalue weighted by atomic mass is 16.5. The van der Waals surface area contributed by atoms with Crippen molar-refractivity contribution < 1.29 is 14.6 Å². The minimum Gasteiger partial charge on any atom is -0.390 e. The van der Waals surface area contributed by atoms with Crippen LogP contribution in [0.25, 0.3) is 0 Å². The number of nitrogens with zero attached hydrogens (tertiary/aromatic N) is 1. The lowest BCUT2D eigenvalue weighted by atomic mass is 9.88. The fourth-order valence-electron chi connectivity index (χ4n) is 3.60. The van der Waals surface area contributed by atoms with Gasteiger partial charge >= 0.3 is 0 Å². The topological polar surface area (TPSA) is 61.8 Å². The van der Waals surface area contributed by atoms with Crippen molar-refractivity contribution in [3.05, 3.63) is 0 Å². The fraction of sp³-hybridized carbons (Fsp3) is 0.944. The summed E-state index contributed by atoms with van der Waals surface area (Å²) in [7, 11) is 0. The monoisotopic (exact) mass is 326 g/mol. The Kier molecular flexibility index (Phi) is 7.80. The number of rotatable bonds is 7. The van der Waals surface area contributed by atoms with E-state index in [0.29, 0.717) is 19.0 Å². The number of hydrogen-bond acceptors (Lipinski definition) is 4. The number of ether oxygens (including phenoxy) is 1. The van der Waals surface area contributed by atoms with Crippen molar-refractivity contribution in [1.82, 2.24) is 10.2 Å². The van der Waals surface area contributed by atoms with Crippen LogP contribution < -0.4 is 5.32 Å². The van der Waals surface area contributed by atoms with Crippen molar-refractivity contribution in [1.29, 1.82) is 0 Å². The van der Waals surface area contributed by atoms with E-state index in [9.17, 15) is 9.90 Å². The maximum atomic E-state index is 11.9.